The molecule has 1 atom stereocenters. The third-order valence-corrected chi connectivity index (χ3v) is 4.34. The summed E-state index contributed by atoms with van der Waals surface area (Å²) in [4.78, 5) is 13.1. The summed E-state index contributed by atoms with van der Waals surface area (Å²) in [5, 5.41) is 21.8. The van der Waals surface area contributed by atoms with Crippen LogP contribution in [-0.4, -0.2) is 34.7 Å². The second-order valence-corrected chi connectivity index (χ2v) is 6.04. The maximum atomic E-state index is 11.4. The Balaban J connectivity index is 2.18. The molecule has 6 heteroatoms. The minimum atomic E-state index is -0.986. The van der Waals surface area contributed by atoms with Crippen LogP contribution in [0.2, 0.25) is 0 Å². The molecule has 4 nitrogen and oxygen atoms in total. The topological polar surface area (TPSA) is 69.6 Å². The lowest BCUT2D eigenvalue weighted by atomic mass is 10.2. The first kappa shape index (κ1) is 16.7. The number of aliphatic hydroxyl groups is 1. The van der Waals surface area contributed by atoms with Crippen LogP contribution in [0.15, 0.2) is 58.3 Å². The van der Waals surface area contributed by atoms with Crippen LogP contribution in [0.3, 0.4) is 0 Å². The highest BCUT2D eigenvalue weighted by Gasteiger charge is 2.13. The van der Waals surface area contributed by atoms with Crippen molar-refractivity contribution in [1.82, 2.24) is 0 Å². The van der Waals surface area contributed by atoms with Crippen LogP contribution in [-0.2, 0) is 0 Å². The van der Waals surface area contributed by atoms with E-state index in [9.17, 15) is 15.0 Å². The van der Waals surface area contributed by atoms with Crippen molar-refractivity contribution in [3.63, 3.8) is 0 Å². The third-order valence-electron chi connectivity index (χ3n) is 2.90. The molecule has 0 spiro atoms. The lowest BCUT2D eigenvalue weighted by Crippen LogP contribution is -2.20. The number of carboxylic acids is 1. The number of alkyl halides is 1. The van der Waals surface area contributed by atoms with E-state index in [1.54, 1.807) is 18.2 Å². The molecule has 0 radical (unpaired) electrons. The summed E-state index contributed by atoms with van der Waals surface area (Å²) in [5.74, 6) is -0.860. The maximum absolute atomic E-state index is 11.4. The zero-order chi connectivity index (χ0) is 15.9. The van der Waals surface area contributed by atoms with Crippen molar-refractivity contribution < 1.29 is 15.0 Å². The molecule has 0 saturated carbocycles. The molecule has 3 N–H and O–H groups in total. The van der Waals surface area contributed by atoms with Gasteiger partial charge in [-0.2, -0.15) is 0 Å². The van der Waals surface area contributed by atoms with Crippen LogP contribution in [0.25, 0.3) is 0 Å². The molecule has 22 heavy (non-hydrogen) atoms. The van der Waals surface area contributed by atoms with Crippen LogP contribution in [0.4, 0.5) is 5.69 Å². The van der Waals surface area contributed by atoms with Crippen molar-refractivity contribution in [2.45, 2.75) is 15.9 Å². The highest BCUT2D eigenvalue weighted by Crippen LogP contribution is 2.32. The number of hydrogen-bond acceptors (Lipinski definition) is 4. The quantitative estimate of drug-likeness (QED) is 0.674. The minimum Gasteiger partial charge on any atom is -0.478 e. The van der Waals surface area contributed by atoms with Crippen LogP contribution in [0.5, 0.6) is 0 Å². The van der Waals surface area contributed by atoms with Gasteiger partial charge in [0.15, 0.2) is 0 Å². The molecule has 2 aromatic carbocycles. The number of hydrogen-bond donors (Lipinski definition) is 3. The average Bonchev–Trinajstić information content (AvgIpc) is 2.54. The Morgan fingerprint density at radius 1 is 1.23 bits per heavy atom. The van der Waals surface area contributed by atoms with E-state index in [4.69, 9.17) is 11.6 Å². The number of rotatable bonds is 7. The van der Waals surface area contributed by atoms with Gasteiger partial charge in [-0.25, -0.2) is 4.79 Å². The standard InChI is InChI=1S/C16H16ClNO3S/c17-9-12(19)10-18-11-6-7-15(14(8-11)16(20)21)22-13-4-2-1-3-5-13/h1-8,12,18-19H,9-10H2,(H,20,21). The monoisotopic (exact) mass is 337 g/mol. The van der Waals surface area contributed by atoms with Gasteiger partial charge < -0.3 is 15.5 Å². The lowest BCUT2D eigenvalue weighted by Gasteiger charge is -2.12. The van der Waals surface area contributed by atoms with Gasteiger partial charge >= 0.3 is 5.97 Å². The maximum Gasteiger partial charge on any atom is 0.336 e. The van der Waals surface area contributed by atoms with E-state index in [-0.39, 0.29) is 18.0 Å². The fraction of sp³-hybridized carbons (Fsp3) is 0.188. The van der Waals surface area contributed by atoms with Crippen molar-refractivity contribution >= 4 is 35.0 Å². The van der Waals surface area contributed by atoms with Crippen LogP contribution in [0.1, 0.15) is 10.4 Å². The van der Waals surface area contributed by atoms with Gasteiger partial charge in [-0.15, -0.1) is 11.6 Å². The fourth-order valence-corrected chi connectivity index (χ4v) is 2.85. The van der Waals surface area contributed by atoms with Crippen LogP contribution >= 0.6 is 23.4 Å². The SMILES string of the molecule is O=C(O)c1cc(NCC(O)CCl)ccc1Sc1ccccc1. The number of benzene rings is 2. The molecule has 0 aliphatic heterocycles. The number of aliphatic hydroxyl groups excluding tert-OH is 1. The van der Waals surface area contributed by atoms with Gasteiger partial charge in [0.2, 0.25) is 0 Å². The highest BCUT2D eigenvalue weighted by molar-refractivity contribution is 7.99. The molecule has 0 saturated heterocycles. The molecule has 0 amide bonds. The van der Waals surface area contributed by atoms with Crippen molar-refractivity contribution in [3.05, 3.63) is 54.1 Å². The summed E-state index contributed by atoms with van der Waals surface area (Å²) in [6.07, 6.45) is -0.673. The second kappa shape index (κ2) is 8.08. The highest BCUT2D eigenvalue weighted by atomic mass is 35.5. The molecule has 0 aliphatic carbocycles. The van der Waals surface area contributed by atoms with Crippen LogP contribution < -0.4 is 5.32 Å². The molecule has 0 aromatic heterocycles. The first-order chi connectivity index (χ1) is 10.6. The number of carboxylic acid groups (broad SMARTS) is 1. The molecule has 2 aromatic rings. The van der Waals surface area contributed by atoms with E-state index in [1.165, 1.54) is 11.8 Å². The molecule has 0 fully saturated rings. The van der Waals surface area contributed by atoms with Crippen molar-refractivity contribution in [2.75, 3.05) is 17.7 Å². The third kappa shape index (κ3) is 4.66. The zero-order valence-electron chi connectivity index (χ0n) is 11.7. The van der Waals surface area contributed by atoms with Crippen molar-refractivity contribution in [3.8, 4) is 0 Å². The second-order valence-electron chi connectivity index (χ2n) is 4.62. The smallest absolute Gasteiger partial charge is 0.336 e. The fourth-order valence-electron chi connectivity index (χ4n) is 1.80. The van der Waals surface area contributed by atoms with Gasteiger partial charge in [-0.05, 0) is 30.3 Å². The van der Waals surface area contributed by atoms with Gasteiger partial charge in [0.05, 0.1) is 17.5 Å². The number of aromatic carboxylic acids is 1. The van der Waals surface area contributed by atoms with E-state index in [0.717, 1.165) is 4.90 Å². The Morgan fingerprint density at radius 3 is 2.59 bits per heavy atom. The van der Waals surface area contributed by atoms with E-state index in [2.05, 4.69) is 5.32 Å². The predicted molar refractivity (Wildman–Crippen MR) is 89.2 cm³/mol. The first-order valence-electron chi connectivity index (χ1n) is 6.68. The molecule has 1 unspecified atom stereocenters. The number of halogens is 1. The Labute approximate surface area is 138 Å². The first-order valence-corrected chi connectivity index (χ1v) is 8.03. The summed E-state index contributed by atoms with van der Waals surface area (Å²) in [7, 11) is 0. The number of nitrogens with one attached hydrogen (secondary N) is 1. The number of carbonyl (C=O) groups is 1. The molecule has 0 heterocycles. The van der Waals surface area contributed by atoms with Gasteiger partial charge in [-0.3, -0.25) is 0 Å². The van der Waals surface area contributed by atoms with E-state index in [1.807, 2.05) is 30.3 Å². The van der Waals surface area contributed by atoms with E-state index < -0.39 is 12.1 Å². The minimum absolute atomic E-state index is 0.126. The Hall–Kier alpha value is -1.69. The molecular formula is C16H16ClNO3S. The summed E-state index contributed by atoms with van der Waals surface area (Å²) < 4.78 is 0. The molecule has 116 valence electrons. The Morgan fingerprint density at radius 2 is 1.95 bits per heavy atom. The van der Waals surface area contributed by atoms with E-state index in [0.29, 0.717) is 10.6 Å². The van der Waals surface area contributed by atoms with E-state index >= 15 is 0 Å². The number of anilines is 1. The summed E-state index contributed by atoms with van der Waals surface area (Å²) in [6, 6.07) is 14.7. The van der Waals surface area contributed by atoms with Gasteiger partial charge in [-0.1, -0.05) is 30.0 Å². The molecule has 0 aliphatic rings. The Bertz CT molecular complexity index is 637. The van der Waals surface area contributed by atoms with Crippen molar-refractivity contribution in [1.29, 1.82) is 0 Å². The molecular weight excluding hydrogens is 322 g/mol. The lowest BCUT2D eigenvalue weighted by molar-refractivity contribution is 0.0693. The molecule has 0 bridgehead atoms. The summed E-state index contributed by atoms with van der Waals surface area (Å²) in [6.45, 7) is 0.272. The summed E-state index contributed by atoms with van der Waals surface area (Å²) in [5.41, 5.74) is 0.859. The van der Waals surface area contributed by atoms with Gasteiger partial charge in [0.1, 0.15) is 0 Å². The normalized spacial score (nSPS) is 11.9. The summed E-state index contributed by atoms with van der Waals surface area (Å²) >= 11 is 6.93. The molecule has 2 rings (SSSR count). The largest absolute Gasteiger partial charge is 0.478 e. The Kier molecular flexibility index (Phi) is 6.12. The van der Waals surface area contributed by atoms with Crippen molar-refractivity contribution in [2.24, 2.45) is 0 Å². The van der Waals surface area contributed by atoms with Gasteiger partial charge in [0.25, 0.3) is 0 Å². The average molecular weight is 338 g/mol. The van der Waals surface area contributed by atoms with Crippen LogP contribution in [0, 0.1) is 0 Å². The predicted octanol–water partition coefficient (Wildman–Crippen LogP) is 3.55. The van der Waals surface area contributed by atoms with Gasteiger partial charge in [0, 0.05) is 22.0 Å². The zero-order valence-corrected chi connectivity index (χ0v) is 13.3.